The summed E-state index contributed by atoms with van der Waals surface area (Å²) < 4.78 is 0. The van der Waals surface area contributed by atoms with E-state index in [1.807, 2.05) is 19.1 Å². The van der Waals surface area contributed by atoms with Gasteiger partial charge in [0.05, 0.1) is 19.0 Å². The van der Waals surface area contributed by atoms with E-state index >= 15 is 0 Å². The van der Waals surface area contributed by atoms with Gasteiger partial charge in [-0.05, 0) is 24.1 Å². The van der Waals surface area contributed by atoms with Crippen molar-refractivity contribution in [3.05, 3.63) is 29.6 Å². The number of carbonyl (C=O) groups is 1. The van der Waals surface area contributed by atoms with Crippen molar-refractivity contribution in [3.8, 4) is 6.07 Å². The van der Waals surface area contributed by atoms with Crippen LogP contribution >= 0.6 is 0 Å². The van der Waals surface area contributed by atoms with Gasteiger partial charge in [0.1, 0.15) is 0 Å². The molecule has 0 saturated heterocycles. The van der Waals surface area contributed by atoms with Crippen molar-refractivity contribution in [2.75, 3.05) is 13.1 Å². The van der Waals surface area contributed by atoms with E-state index < -0.39 is 0 Å². The molecule has 0 atom stereocenters. The Morgan fingerprint density at radius 2 is 2.41 bits per heavy atom. The number of pyridine rings is 1. The number of rotatable bonds is 6. The van der Waals surface area contributed by atoms with E-state index in [9.17, 15) is 4.79 Å². The molecule has 1 heterocycles. The van der Waals surface area contributed by atoms with Gasteiger partial charge in [-0.2, -0.15) is 5.26 Å². The Morgan fingerprint density at radius 3 is 3.12 bits per heavy atom. The fourth-order valence-electron chi connectivity index (χ4n) is 1.31. The fraction of sp³-hybridized carbons (Fsp3) is 0.417. The number of nitrogens with zero attached hydrogens (tertiary/aromatic N) is 2. The smallest absolute Gasteiger partial charge is 0.234 e. The lowest BCUT2D eigenvalue weighted by atomic mass is 10.1. The van der Waals surface area contributed by atoms with Crippen LogP contribution in [0.2, 0.25) is 0 Å². The number of nitrogens with one attached hydrogen (secondary N) is 2. The lowest BCUT2D eigenvalue weighted by molar-refractivity contribution is -0.120. The summed E-state index contributed by atoms with van der Waals surface area (Å²) in [6.45, 7) is 3.28. The van der Waals surface area contributed by atoms with Gasteiger partial charge in [-0.25, -0.2) is 0 Å². The second-order valence-electron chi connectivity index (χ2n) is 3.66. The highest BCUT2D eigenvalue weighted by Gasteiger charge is 2.01. The summed E-state index contributed by atoms with van der Waals surface area (Å²) in [5.74, 6) is -0.0956. The molecule has 0 aliphatic rings. The van der Waals surface area contributed by atoms with Crippen molar-refractivity contribution < 1.29 is 4.79 Å². The van der Waals surface area contributed by atoms with Crippen LogP contribution in [0.4, 0.5) is 0 Å². The summed E-state index contributed by atoms with van der Waals surface area (Å²) in [6, 6.07) is 3.90. The summed E-state index contributed by atoms with van der Waals surface area (Å²) in [5.41, 5.74) is 2.23. The van der Waals surface area contributed by atoms with Gasteiger partial charge >= 0.3 is 0 Å². The minimum absolute atomic E-state index is 0.0956. The van der Waals surface area contributed by atoms with Crippen LogP contribution in [0.1, 0.15) is 17.5 Å². The van der Waals surface area contributed by atoms with E-state index in [0.29, 0.717) is 19.5 Å². The molecule has 0 radical (unpaired) electrons. The molecule has 90 valence electrons. The number of hydrogen-bond donors (Lipinski definition) is 2. The van der Waals surface area contributed by atoms with Crippen molar-refractivity contribution in [2.24, 2.45) is 0 Å². The maximum atomic E-state index is 11.3. The standard InChI is InChI=1S/C12H16N4O/c1-10-3-6-14-7-11(10)8-15-9-12(17)16-5-2-4-13/h3,6-7,15H,2,5,8-9H2,1H3,(H,16,17). The zero-order chi connectivity index (χ0) is 12.5. The maximum absolute atomic E-state index is 11.3. The van der Waals surface area contributed by atoms with Crippen molar-refractivity contribution in [1.82, 2.24) is 15.6 Å². The minimum atomic E-state index is -0.0956. The van der Waals surface area contributed by atoms with Crippen molar-refractivity contribution in [2.45, 2.75) is 19.9 Å². The van der Waals surface area contributed by atoms with Gasteiger partial charge in [0.15, 0.2) is 0 Å². The van der Waals surface area contributed by atoms with Crippen LogP contribution in [-0.4, -0.2) is 24.0 Å². The van der Waals surface area contributed by atoms with Gasteiger partial charge in [0.25, 0.3) is 0 Å². The second kappa shape index (κ2) is 7.36. The topological polar surface area (TPSA) is 77.8 Å². The molecule has 2 N–H and O–H groups in total. The molecule has 0 bridgehead atoms. The molecule has 1 aromatic rings. The van der Waals surface area contributed by atoms with Crippen LogP contribution in [-0.2, 0) is 11.3 Å². The summed E-state index contributed by atoms with van der Waals surface area (Å²) in [4.78, 5) is 15.3. The average molecular weight is 232 g/mol. The predicted molar refractivity (Wildman–Crippen MR) is 63.9 cm³/mol. The Balaban J connectivity index is 2.22. The van der Waals surface area contributed by atoms with Crippen LogP contribution in [0.3, 0.4) is 0 Å². The number of amides is 1. The van der Waals surface area contributed by atoms with Crippen molar-refractivity contribution in [1.29, 1.82) is 5.26 Å². The van der Waals surface area contributed by atoms with Gasteiger partial charge in [0, 0.05) is 25.5 Å². The molecule has 0 aliphatic carbocycles. The predicted octanol–water partition coefficient (Wildman–Crippen LogP) is 0.509. The molecule has 1 amide bonds. The number of aryl methyl sites for hydroxylation is 1. The maximum Gasteiger partial charge on any atom is 0.234 e. The summed E-state index contributed by atoms with van der Waals surface area (Å²) in [7, 11) is 0. The molecule has 17 heavy (non-hydrogen) atoms. The zero-order valence-corrected chi connectivity index (χ0v) is 9.86. The van der Waals surface area contributed by atoms with Gasteiger partial charge in [0.2, 0.25) is 5.91 Å². The van der Waals surface area contributed by atoms with E-state index in [4.69, 9.17) is 5.26 Å². The Bertz CT molecular complexity index is 411. The molecule has 1 aromatic heterocycles. The van der Waals surface area contributed by atoms with E-state index in [-0.39, 0.29) is 12.5 Å². The van der Waals surface area contributed by atoms with Gasteiger partial charge in [-0.15, -0.1) is 0 Å². The summed E-state index contributed by atoms with van der Waals surface area (Å²) in [6.07, 6.45) is 3.87. The highest BCUT2D eigenvalue weighted by molar-refractivity contribution is 5.77. The SMILES string of the molecule is Cc1ccncc1CNCC(=O)NCCC#N. The zero-order valence-electron chi connectivity index (χ0n) is 9.86. The summed E-state index contributed by atoms with van der Waals surface area (Å²) >= 11 is 0. The number of carbonyl (C=O) groups excluding carboxylic acids is 1. The monoisotopic (exact) mass is 232 g/mol. The number of nitriles is 1. The molecular weight excluding hydrogens is 216 g/mol. The molecular formula is C12H16N4O. The first-order valence-electron chi connectivity index (χ1n) is 5.48. The largest absolute Gasteiger partial charge is 0.354 e. The molecule has 0 spiro atoms. The first-order chi connectivity index (χ1) is 8.24. The fourth-order valence-corrected chi connectivity index (χ4v) is 1.31. The number of aromatic nitrogens is 1. The van der Waals surface area contributed by atoms with E-state index in [1.54, 1.807) is 12.4 Å². The molecule has 0 fully saturated rings. The Labute approximate surface area is 101 Å². The second-order valence-corrected chi connectivity index (χ2v) is 3.66. The highest BCUT2D eigenvalue weighted by Crippen LogP contribution is 2.03. The van der Waals surface area contributed by atoms with Crippen LogP contribution in [0, 0.1) is 18.3 Å². The molecule has 0 unspecified atom stereocenters. The molecule has 0 aliphatic heterocycles. The summed E-state index contributed by atoms with van der Waals surface area (Å²) in [5, 5.41) is 14.0. The van der Waals surface area contributed by atoms with Crippen molar-refractivity contribution in [3.63, 3.8) is 0 Å². The number of hydrogen-bond acceptors (Lipinski definition) is 4. The van der Waals surface area contributed by atoms with Gasteiger partial charge in [-0.3, -0.25) is 9.78 Å². The Morgan fingerprint density at radius 1 is 1.59 bits per heavy atom. The lowest BCUT2D eigenvalue weighted by Crippen LogP contribution is -2.34. The third-order valence-electron chi connectivity index (χ3n) is 2.31. The van der Waals surface area contributed by atoms with Crippen LogP contribution in [0.25, 0.3) is 0 Å². The van der Waals surface area contributed by atoms with E-state index in [0.717, 1.165) is 11.1 Å². The lowest BCUT2D eigenvalue weighted by Gasteiger charge is -2.07. The van der Waals surface area contributed by atoms with Crippen LogP contribution in [0.5, 0.6) is 0 Å². The van der Waals surface area contributed by atoms with E-state index in [1.165, 1.54) is 0 Å². The average Bonchev–Trinajstić information content (AvgIpc) is 2.32. The van der Waals surface area contributed by atoms with Gasteiger partial charge in [-0.1, -0.05) is 0 Å². The third-order valence-corrected chi connectivity index (χ3v) is 2.31. The quantitative estimate of drug-likeness (QED) is 0.700. The van der Waals surface area contributed by atoms with Crippen molar-refractivity contribution >= 4 is 5.91 Å². The van der Waals surface area contributed by atoms with Crippen LogP contribution in [0.15, 0.2) is 18.5 Å². The van der Waals surface area contributed by atoms with E-state index in [2.05, 4.69) is 15.6 Å². The van der Waals surface area contributed by atoms with Gasteiger partial charge < -0.3 is 10.6 Å². The normalized spacial score (nSPS) is 9.65. The Kier molecular flexibility index (Phi) is 5.69. The molecule has 5 nitrogen and oxygen atoms in total. The molecule has 5 heteroatoms. The first kappa shape index (κ1) is 13.1. The third kappa shape index (κ3) is 5.09. The first-order valence-corrected chi connectivity index (χ1v) is 5.48. The molecule has 0 aromatic carbocycles. The molecule has 0 saturated carbocycles. The molecule has 1 rings (SSSR count). The van der Waals surface area contributed by atoms with Crippen LogP contribution < -0.4 is 10.6 Å². The highest BCUT2D eigenvalue weighted by atomic mass is 16.1. The Hall–Kier alpha value is -1.93. The minimum Gasteiger partial charge on any atom is -0.354 e.